The molecule has 0 atom stereocenters. The maximum atomic E-state index is 13.4. The molecule has 1 fully saturated rings. The number of nitrogens with two attached hydrogens (primary N) is 1. The molecule has 1 aliphatic heterocycles. The number of alkyl halides is 3. The molecule has 0 unspecified atom stereocenters. The molecule has 2 N–H and O–H groups in total. The lowest BCUT2D eigenvalue weighted by Gasteiger charge is -2.28. The highest BCUT2D eigenvalue weighted by atomic mass is 19.4. The monoisotopic (exact) mass is 419 g/mol. The van der Waals surface area contributed by atoms with E-state index in [-0.39, 0.29) is 18.5 Å². The molecule has 1 saturated heterocycles. The number of ether oxygens (including phenoxy) is 1. The largest absolute Gasteiger partial charge is 0.416 e. The van der Waals surface area contributed by atoms with Crippen molar-refractivity contribution in [3.63, 3.8) is 0 Å². The fourth-order valence-electron chi connectivity index (χ4n) is 3.89. The van der Waals surface area contributed by atoms with Gasteiger partial charge in [0.25, 0.3) is 0 Å². The topological polar surface area (TPSA) is 68.7 Å². The normalized spacial score (nSPS) is 15.2. The first kappa shape index (κ1) is 20.6. The van der Waals surface area contributed by atoms with E-state index in [1.807, 2.05) is 13.0 Å². The predicted octanol–water partition coefficient (Wildman–Crippen LogP) is 3.25. The summed E-state index contributed by atoms with van der Waals surface area (Å²) in [5.41, 5.74) is 9.06. The quantitative estimate of drug-likeness (QED) is 0.703. The number of rotatable bonds is 4. The molecule has 30 heavy (non-hydrogen) atoms. The van der Waals surface area contributed by atoms with Gasteiger partial charge in [-0.1, -0.05) is 12.1 Å². The van der Waals surface area contributed by atoms with Gasteiger partial charge in [-0.25, -0.2) is 9.50 Å². The van der Waals surface area contributed by atoms with Crippen molar-refractivity contribution in [3.8, 4) is 0 Å². The summed E-state index contributed by atoms with van der Waals surface area (Å²) in [4.78, 5) is 6.76. The number of aromatic nitrogens is 3. The molecule has 0 aliphatic carbocycles. The summed E-state index contributed by atoms with van der Waals surface area (Å²) in [6.07, 6.45) is -4.13. The number of hydrogen-bond acceptors (Lipinski definition) is 5. The Kier molecular flexibility index (Phi) is 5.42. The number of imidazole rings is 1. The van der Waals surface area contributed by atoms with E-state index in [9.17, 15) is 13.2 Å². The van der Waals surface area contributed by atoms with Crippen molar-refractivity contribution in [2.24, 2.45) is 5.73 Å². The van der Waals surface area contributed by atoms with Crippen LogP contribution in [-0.4, -0.2) is 40.9 Å². The van der Waals surface area contributed by atoms with Crippen LogP contribution in [0.3, 0.4) is 0 Å². The Hall–Kier alpha value is -2.65. The van der Waals surface area contributed by atoms with Gasteiger partial charge >= 0.3 is 6.18 Å². The lowest BCUT2D eigenvalue weighted by molar-refractivity contribution is -0.138. The summed E-state index contributed by atoms with van der Waals surface area (Å²) in [5, 5.41) is 4.77. The Morgan fingerprint density at radius 3 is 2.57 bits per heavy atom. The molecule has 0 spiro atoms. The second-order valence-corrected chi connectivity index (χ2v) is 7.49. The number of benzene rings is 1. The zero-order valence-electron chi connectivity index (χ0n) is 17.0. The van der Waals surface area contributed by atoms with Crippen LogP contribution in [0.1, 0.15) is 33.6 Å². The third kappa shape index (κ3) is 3.75. The second kappa shape index (κ2) is 7.88. The van der Waals surface area contributed by atoms with E-state index in [1.54, 1.807) is 10.6 Å². The molecule has 2 aromatic heterocycles. The van der Waals surface area contributed by atoms with E-state index in [2.05, 4.69) is 9.88 Å². The smallest absolute Gasteiger partial charge is 0.378 e. The van der Waals surface area contributed by atoms with E-state index < -0.39 is 11.7 Å². The first-order valence-corrected chi connectivity index (χ1v) is 9.86. The number of halogens is 3. The van der Waals surface area contributed by atoms with Gasteiger partial charge < -0.3 is 15.4 Å². The molecular formula is C21H24F3N5O. The fourth-order valence-corrected chi connectivity index (χ4v) is 3.89. The zero-order valence-corrected chi connectivity index (χ0v) is 17.0. The minimum absolute atomic E-state index is 0.184. The molecule has 0 amide bonds. The van der Waals surface area contributed by atoms with E-state index in [0.717, 1.165) is 30.5 Å². The molecule has 3 aromatic rings. The van der Waals surface area contributed by atoms with Gasteiger partial charge in [-0.05, 0) is 42.7 Å². The van der Waals surface area contributed by atoms with Gasteiger partial charge in [-0.2, -0.15) is 13.2 Å². The average Bonchev–Trinajstić information content (AvgIpc) is 3.07. The highest BCUT2D eigenvalue weighted by Gasteiger charge is 2.33. The molecule has 160 valence electrons. The molecule has 0 bridgehead atoms. The summed E-state index contributed by atoms with van der Waals surface area (Å²) in [6.45, 7) is 6.37. The van der Waals surface area contributed by atoms with Crippen molar-refractivity contribution < 1.29 is 17.9 Å². The summed E-state index contributed by atoms with van der Waals surface area (Å²) >= 11 is 0. The number of nitrogens with zero attached hydrogens (tertiary/aromatic N) is 4. The van der Waals surface area contributed by atoms with Crippen molar-refractivity contribution in [3.05, 3.63) is 57.9 Å². The summed E-state index contributed by atoms with van der Waals surface area (Å²) in [6, 6.07) is 6.24. The maximum absolute atomic E-state index is 13.4. The van der Waals surface area contributed by atoms with Crippen LogP contribution in [0.25, 0.3) is 5.65 Å². The summed E-state index contributed by atoms with van der Waals surface area (Å²) < 4.78 is 47.2. The Morgan fingerprint density at radius 1 is 1.17 bits per heavy atom. The van der Waals surface area contributed by atoms with Crippen LogP contribution < -0.4 is 10.6 Å². The molecule has 6 nitrogen and oxygen atoms in total. The molecule has 3 heterocycles. The lowest BCUT2D eigenvalue weighted by Crippen LogP contribution is -2.37. The Morgan fingerprint density at radius 2 is 1.90 bits per heavy atom. The van der Waals surface area contributed by atoms with E-state index >= 15 is 0 Å². The van der Waals surface area contributed by atoms with Crippen LogP contribution in [0.2, 0.25) is 0 Å². The molecule has 4 rings (SSSR count). The van der Waals surface area contributed by atoms with Gasteiger partial charge in [0, 0.05) is 26.1 Å². The Labute approximate surface area is 172 Å². The van der Waals surface area contributed by atoms with Crippen molar-refractivity contribution in [1.82, 2.24) is 14.6 Å². The first-order chi connectivity index (χ1) is 14.3. The highest BCUT2D eigenvalue weighted by Crippen LogP contribution is 2.34. The minimum atomic E-state index is -4.39. The van der Waals surface area contributed by atoms with Crippen molar-refractivity contribution in [1.29, 1.82) is 0 Å². The van der Waals surface area contributed by atoms with Crippen molar-refractivity contribution in [2.45, 2.75) is 33.0 Å². The molecule has 0 radical (unpaired) electrons. The van der Waals surface area contributed by atoms with Crippen LogP contribution in [0.4, 0.5) is 19.0 Å². The number of hydrogen-bond donors (Lipinski definition) is 1. The van der Waals surface area contributed by atoms with E-state index in [0.29, 0.717) is 35.8 Å². The zero-order chi connectivity index (χ0) is 21.5. The van der Waals surface area contributed by atoms with Gasteiger partial charge in [0.15, 0.2) is 5.65 Å². The van der Waals surface area contributed by atoms with Gasteiger partial charge in [-0.15, -0.1) is 5.10 Å². The van der Waals surface area contributed by atoms with Crippen LogP contribution >= 0.6 is 0 Å². The van der Waals surface area contributed by atoms with E-state index in [4.69, 9.17) is 15.6 Å². The van der Waals surface area contributed by atoms with Crippen LogP contribution in [0.5, 0.6) is 0 Å². The number of morpholine rings is 1. The van der Waals surface area contributed by atoms with Crippen LogP contribution in [0, 0.1) is 13.8 Å². The summed E-state index contributed by atoms with van der Waals surface area (Å²) in [5.74, 6) is 0.797. The number of fused-ring (bicyclic) bond motifs is 1. The van der Waals surface area contributed by atoms with Crippen LogP contribution in [0.15, 0.2) is 24.3 Å². The SMILES string of the molecule is Cc1c(Cc2c(CN)nc3c(C)cc(N4CCOCC4)nn23)cccc1C(F)(F)F. The fraction of sp³-hybridized carbons (Fsp3) is 0.429. The second-order valence-electron chi connectivity index (χ2n) is 7.49. The first-order valence-electron chi connectivity index (χ1n) is 9.86. The molecule has 1 aromatic carbocycles. The lowest BCUT2D eigenvalue weighted by atomic mass is 9.98. The summed E-state index contributed by atoms with van der Waals surface area (Å²) in [7, 11) is 0. The maximum Gasteiger partial charge on any atom is 0.416 e. The molecule has 0 saturated carbocycles. The molecule has 9 heteroatoms. The molecular weight excluding hydrogens is 395 g/mol. The minimum Gasteiger partial charge on any atom is -0.378 e. The predicted molar refractivity (Wildman–Crippen MR) is 108 cm³/mol. The van der Waals surface area contributed by atoms with Gasteiger partial charge in [0.1, 0.15) is 5.82 Å². The third-order valence-corrected chi connectivity index (χ3v) is 5.57. The Bertz CT molecular complexity index is 1070. The third-order valence-electron chi connectivity index (χ3n) is 5.57. The van der Waals surface area contributed by atoms with Crippen LogP contribution in [-0.2, 0) is 23.9 Å². The number of anilines is 1. The van der Waals surface area contributed by atoms with Gasteiger partial charge in [0.05, 0.1) is 30.2 Å². The van der Waals surface area contributed by atoms with Crippen molar-refractivity contribution >= 4 is 11.5 Å². The number of aryl methyl sites for hydroxylation is 1. The van der Waals surface area contributed by atoms with Gasteiger partial charge in [-0.3, -0.25) is 0 Å². The highest BCUT2D eigenvalue weighted by molar-refractivity contribution is 5.56. The van der Waals surface area contributed by atoms with Crippen molar-refractivity contribution in [2.75, 3.05) is 31.2 Å². The standard InChI is InChI=1S/C21H24F3N5O/c1-13-10-19(28-6-8-30-9-7-28)27-29-18(17(12-25)26-20(13)29)11-15-4-3-5-16(14(15)2)21(22,23)24/h3-5,10H,6-9,11-12,25H2,1-2H3. The van der Waals surface area contributed by atoms with E-state index in [1.165, 1.54) is 13.0 Å². The van der Waals surface area contributed by atoms with Gasteiger partial charge in [0.2, 0.25) is 0 Å². The Balaban J connectivity index is 1.81. The molecule has 1 aliphatic rings. The average molecular weight is 419 g/mol.